The van der Waals surface area contributed by atoms with E-state index in [4.69, 9.17) is 0 Å². The number of hydrogen-bond acceptors (Lipinski definition) is 0. The topological polar surface area (TPSA) is 19.9 Å². The van der Waals surface area contributed by atoms with Crippen LogP contribution in [0.25, 0.3) is 0 Å². The van der Waals surface area contributed by atoms with Crippen LogP contribution < -0.4 is 0 Å². The summed E-state index contributed by atoms with van der Waals surface area (Å²) in [6, 6.07) is 0. The molecule has 0 spiro atoms. The van der Waals surface area contributed by atoms with Crippen molar-refractivity contribution in [2.45, 2.75) is 32.6 Å². The van der Waals surface area contributed by atoms with E-state index in [9.17, 15) is 5.11 Å². The van der Waals surface area contributed by atoms with Crippen molar-refractivity contribution in [1.29, 1.82) is 0 Å². The predicted molar refractivity (Wildman–Crippen MR) is 42.8 cm³/mol. The molecule has 61 valence electrons. The van der Waals surface area contributed by atoms with Gasteiger partial charge in [-0.15, -0.1) is 0 Å². The van der Waals surface area contributed by atoms with Gasteiger partial charge in [-0.05, 0) is 43.9 Å². The van der Waals surface area contributed by atoms with E-state index in [1.165, 1.54) is 25.7 Å². The third kappa shape index (κ3) is 1.44. The first-order valence-corrected chi connectivity index (χ1v) is 4.61. The molecule has 11 heavy (non-hydrogen) atoms. The predicted octanol–water partition coefficient (Wildman–Crippen LogP) is 2.61. The third-order valence-electron chi connectivity index (χ3n) is 3.24. The van der Waals surface area contributed by atoms with Gasteiger partial charge in [-0.2, -0.15) is 0 Å². The molecule has 0 aromatic rings. The van der Waals surface area contributed by atoms with Crippen LogP contribution in [-0.4, -0.2) is 0 Å². The highest BCUT2D eigenvalue weighted by atomic mass is 16.3. The zero-order valence-corrected chi connectivity index (χ0v) is 7.05. The molecule has 0 aromatic carbocycles. The van der Waals surface area contributed by atoms with Gasteiger partial charge in [0.05, 0.1) is 0 Å². The van der Waals surface area contributed by atoms with Crippen LogP contribution in [-0.2, 0) is 5.11 Å². The van der Waals surface area contributed by atoms with Crippen LogP contribution in [0.2, 0.25) is 0 Å². The van der Waals surface area contributed by atoms with Crippen molar-refractivity contribution in [2.75, 3.05) is 0 Å². The molecule has 0 amide bonds. The summed E-state index contributed by atoms with van der Waals surface area (Å²) in [4.78, 5) is 0. The Labute approximate surface area is 68.8 Å². The Kier molecular flexibility index (Phi) is 1.92. The Morgan fingerprint density at radius 2 is 2.18 bits per heavy atom. The standard InChI is InChI=1S/C10H15O/c1-7(11)4-10-6-8-2-3-9(10)5-8/h4,8-10H,2-3,5-6H2,1H3/t8-,9+,10+/m0/s1. The number of fused-ring (bicyclic) bond motifs is 2. The van der Waals surface area contributed by atoms with Gasteiger partial charge in [-0.1, -0.05) is 6.42 Å². The van der Waals surface area contributed by atoms with Gasteiger partial charge in [0.25, 0.3) is 0 Å². The van der Waals surface area contributed by atoms with E-state index in [0.717, 1.165) is 11.8 Å². The van der Waals surface area contributed by atoms with Gasteiger partial charge < -0.3 is 0 Å². The van der Waals surface area contributed by atoms with Crippen molar-refractivity contribution in [1.82, 2.24) is 0 Å². The van der Waals surface area contributed by atoms with E-state index >= 15 is 0 Å². The lowest BCUT2D eigenvalue weighted by Gasteiger charge is -2.21. The zero-order chi connectivity index (χ0) is 7.84. The Morgan fingerprint density at radius 1 is 1.36 bits per heavy atom. The van der Waals surface area contributed by atoms with Crippen LogP contribution in [0.4, 0.5) is 0 Å². The van der Waals surface area contributed by atoms with Crippen LogP contribution >= 0.6 is 0 Å². The molecule has 0 aromatic heterocycles. The summed E-state index contributed by atoms with van der Waals surface area (Å²) in [5, 5.41) is 10.8. The summed E-state index contributed by atoms with van der Waals surface area (Å²) in [7, 11) is 0. The molecule has 0 aliphatic heterocycles. The smallest absolute Gasteiger partial charge is 0.136 e. The number of rotatable bonds is 2. The van der Waals surface area contributed by atoms with Crippen molar-refractivity contribution >= 4 is 0 Å². The SMILES string of the molecule is C[C]([O])[CH][C@@H]1C[C@H]2CC[C@@H]1C2. The minimum atomic E-state index is 0.266. The van der Waals surface area contributed by atoms with Crippen molar-refractivity contribution < 1.29 is 5.11 Å². The maximum Gasteiger partial charge on any atom is 0.136 e. The van der Waals surface area contributed by atoms with Gasteiger partial charge in [0.2, 0.25) is 0 Å². The molecular formula is C10H15O. The van der Waals surface area contributed by atoms with Crippen LogP contribution in [0, 0.1) is 30.3 Å². The summed E-state index contributed by atoms with van der Waals surface area (Å²) in [5.74, 6) is 2.47. The summed E-state index contributed by atoms with van der Waals surface area (Å²) in [6.45, 7) is 1.67. The van der Waals surface area contributed by atoms with Crippen LogP contribution in [0.1, 0.15) is 32.6 Å². The molecule has 2 saturated carbocycles. The van der Waals surface area contributed by atoms with E-state index in [0.29, 0.717) is 5.92 Å². The molecular weight excluding hydrogens is 136 g/mol. The van der Waals surface area contributed by atoms with Gasteiger partial charge in [0.15, 0.2) is 0 Å². The zero-order valence-electron chi connectivity index (χ0n) is 7.05. The maximum atomic E-state index is 10.8. The molecule has 2 bridgehead atoms. The van der Waals surface area contributed by atoms with Crippen LogP contribution in [0.5, 0.6) is 0 Å². The van der Waals surface area contributed by atoms with Gasteiger partial charge in [-0.25, -0.2) is 5.11 Å². The van der Waals surface area contributed by atoms with Crippen LogP contribution in [0.3, 0.4) is 0 Å². The van der Waals surface area contributed by atoms with Gasteiger partial charge in [0, 0.05) is 6.42 Å². The fourth-order valence-electron chi connectivity index (χ4n) is 2.80. The first-order valence-electron chi connectivity index (χ1n) is 4.61. The minimum Gasteiger partial charge on any atom is -0.226 e. The minimum absolute atomic E-state index is 0.266. The molecule has 2 rings (SSSR count). The summed E-state index contributed by atoms with van der Waals surface area (Å²) >= 11 is 0. The lowest BCUT2D eigenvalue weighted by atomic mass is 9.85. The van der Waals surface area contributed by atoms with Crippen molar-refractivity contribution in [3.63, 3.8) is 0 Å². The second-order valence-electron chi connectivity index (χ2n) is 4.12. The fourth-order valence-corrected chi connectivity index (χ4v) is 2.80. The number of hydrogen-bond donors (Lipinski definition) is 0. The Morgan fingerprint density at radius 3 is 2.64 bits per heavy atom. The molecule has 1 heteroatoms. The first kappa shape index (κ1) is 7.60. The van der Waals surface area contributed by atoms with Crippen LogP contribution in [0.15, 0.2) is 0 Å². The largest absolute Gasteiger partial charge is 0.226 e. The Balaban J connectivity index is 1.87. The first-order chi connectivity index (χ1) is 5.25. The molecule has 3 atom stereocenters. The van der Waals surface area contributed by atoms with E-state index in [2.05, 4.69) is 0 Å². The molecule has 0 heterocycles. The molecule has 0 unspecified atom stereocenters. The van der Waals surface area contributed by atoms with E-state index < -0.39 is 0 Å². The molecule has 1 nitrogen and oxygen atoms in total. The fraction of sp³-hybridized carbons (Fsp3) is 0.800. The van der Waals surface area contributed by atoms with Crippen molar-refractivity contribution in [3.8, 4) is 0 Å². The molecule has 3 radical (unpaired) electrons. The average Bonchev–Trinajstić information content (AvgIpc) is 2.45. The second-order valence-corrected chi connectivity index (χ2v) is 4.12. The lowest BCUT2D eigenvalue weighted by molar-refractivity contribution is 0.207. The second kappa shape index (κ2) is 2.78. The highest BCUT2D eigenvalue weighted by Gasteiger charge is 2.39. The van der Waals surface area contributed by atoms with Gasteiger partial charge in [0.1, 0.15) is 6.10 Å². The molecule has 0 saturated heterocycles. The molecule has 0 N–H and O–H groups in total. The van der Waals surface area contributed by atoms with E-state index in [1.54, 1.807) is 6.92 Å². The van der Waals surface area contributed by atoms with Crippen molar-refractivity contribution in [2.24, 2.45) is 17.8 Å². The van der Waals surface area contributed by atoms with E-state index in [-0.39, 0.29) is 6.10 Å². The quantitative estimate of drug-likeness (QED) is 0.578. The lowest BCUT2D eigenvalue weighted by Crippen LogP contribution is -2.13. The highest BCUT2D eigenvalue weighted by Crippen LogP contribution is 2.49. The summed E-state index contributed by atoms with van der Waals surface area (Å²) in [5.41, 5.74) is 0. The monoisotopic (exact) mass is 151 g/mol. The normalized spacial score (nSPS) is 42.3. The van der Waals surface area contributed by atoms with E-state index in [1.807, 2.05) is 6.42 Å². The van der Waals surface area contributed by atoms with Gasteiger partial charge >= 0.3 is 0 Å². The molecule has 2 fully saturated rings. The van der Waals surface area contributed by atoms with Gasteiger partial charge in [-0.3, -0.25) is 0 Å². The highest BCUT2D eigenvalue weighted by molar-refractivity contribution is 5.02. The summed E-state index contributed by atoms with van der Waals surface area (Å²) < 4.78 is 0. The van der Waals surface area contributed by atoms with Crippen molar-refractivity contribution in [3.05, 3.63) is 12.5 Å². The Hall–Kier alpha value is -0.0400. The maximum absolute atomic E-state index is 10.8. The average molecular weight is 151 g/mol. The molecule has 2 aliphatic rings. The molecule has 2 aliphatic carbocycles. The summed E-state index contributed by atoms with van der Waals surface area (Å²) in [6.07, 6.45) is 7.71. The third-order valence-corrected chi connectivity index (χ3v) is 3.24. The Bertz CT molecular complexity index is 142.